The van der Waals surface area contributed by atoms with Gasteiger partial charge in [-0.05, 0) is 37.5 Å². The average Bonchev–Trinajstić information content (AvgIpc) is 2.86. The first-order chi connectivity index (χ1) is 10.3. The molecule has 0 radical (unpaired) electrons. The predicted molar refractivity (Wildman–Crippen MR) is 87.2 cm³/mol. The van der Waals surface area contributed by atoms with Crippen LogP contribution in [0.3, 0.4) is 0 Å². The summed E-state index contributed by atoms with van der Waals surface area (Å²) >= 11 is 0. The zero-order chi connectivity index (χ0) is 16.3. The Hall–Kier alpha value is -1.66. The molecule has 0 spiro atoms. The van der Waals surface area contributed by atoms with Gasteiger partial charge in [-0.3, -0.25) is 4.68 Å². The van der Waals surface area contributed by atoms with E-state index in [1.165, 1.54) is 0 Å². The molecule has 5 nitrogen and oxygen atoms in total. The minimum Gasteiger partial charge on any atom is -0.272 e. The summed E-state index contributed by atoms with van der Waals surface area (Å²) in [7, 11) is -3.50. The summed E-state index contributed by atoms with van der Waals surface area (Å²) in [6.07, 6.45) is 1.87. The lowest BCUT2D eigenvalue weighted by Gasteiger charge is -2.09. The van der Waals surface area contributed by atoms with E-state index in [0.29, 0.717) is 5.92 Å². The van der Waals surface area contributed by atoms with Crippen LogP contribution in [-0.4, -0.2) is 18.2 Å². The first kappa shape index (κ1) is 16.7. The summed E-state index contributed by atoms with van der Waals surface area (Å²) in [6.45, 7) is 9.06. The van der Waals surface area contributed by atoms with Crippen LogP contribution >= 0.6 is 0 Å². The molecule has 0 saturated carbocycles. The Morgan fingerprint density at radius 3 is 2.36 bits per heavy atom. The molecule has 120 valence electrons. The Morgan fingerprint density at radius 1 is 1.23 bits per heavy atom. The standard InChI is InChI=1S/C16H23N3O2S/c1-5-19-11-15(13(4)18-19)10-17-22(20,21)16-8-6-14(7-9-16)12(2)3/h6-9,11-12,17H,5,10H2,1-4H3. The smallest absolute Gasteiger partial charge is 0.240 e. The van der Waals surface area contributed by atoms with Gasteiger partial charge in [-0.25, -0.2) is 13.1 Å². The maximum absolute atomic E-state index is 12.3. The second-order valence-corrected chi connectivity index (χ2v) is 7.41. The number of benzene rings is 1. The fraction of sp³-hybridized carbons (Fsp3) is 0.438. The first-order valence-electron chi connectivity index (χ1n) is 7.46. The minimum atomic E-state index is -3.50. The molecule has 0 atom stereocenters. The maximum Gasteiger partial charge on any atom is 0.240 e. The largest absolute Gasteiger partial charge is 0.272 e. The Balaban J connectivity index is 2.12. The topological polar surface area (TPSA) is 64.0 Å². The third-order valence-corrected chi connectivity index (χ3v) is 5.10. The number of rotatable bonds is 6. The van der Waals surface area contributed by atoms with Crippen molar-refractivity contribution in [2.75, 3.05) is 0 Å². The van der Waals surface area contributed by atoms with E-state index in [1.54, 1.807) is 16.8 Å². The molecule has 6 heteroatoms. The number of sulfonamides is 1. The van der Waals surface area contributed by atoms with Crippen LogP contribution in [0.25, 0.3) is 0 Å². The van der Waals surface area contributed by atoms with Crippen LogP contribution in [0, 0.1) is 6.92 Å². The highest BCUT2D eigenvalue weighted by Crippen LogP contribution is 2.17. The van der Waals surface area contributed by atoms with Crippen molar-refractivity contribution in [1.29, 1.82) is 0 Å². The fourth-order valence-corrected chi connectivity index (χ4v) is 3.19. The van der Waals surface area contributed by atoms with E-state index in [0.717, 1.165) is 23.4 Å². The van der Waals surface area contributed by atoms with Gasteiger partial charge in [0, 0.05) is 24.8 Å². The SMILES string of the molecule is CCn1cc(CNS(=O)(=O)c2ccc(C(C)C)cc2)c(C)n1. The number of aromatic nitrogens is 2. The maximum atomic E-state index is 12.3. The van der Waals surface area contributed by atoms with Crippen LogP contribution in [0.15, 0.2) is 35.4 Å². The third kappa shape index (κ3) is 3.75. The molecule has 1 aromatic heterocycles. The molecule has 0 amide bonds. The number of nitrogens with zero attached hydrogens (tertiary/aromatic N) is 2. The van der Waals surface area contributed by atoms with Crippen molar-refractivity contribution in [3.05, 3.63) is 47.3 Å². The van der Waals surface area contributed by atoms with Gasteiger partial charge in [0.15, 0.2) is 0 Å². The summed E-state index contributed by atoms with van der Waals surface area (Å²) in [4.78, 5) is 0.289. The molecule has 22 heavy (non-hydrogen) atoms. The van der Waals surface area contributed by atoms with Crippen LogP contribution in [-0.2, 0) is 23.1 Å². The molecule has 2 rings (SSSR count). The van der Waals surface area contributed by atoms with E-state index < -0.39 is 10.0 Å². The van der Waals surface area contributed by atoms with Gasteiger partial charge in [-0.1, -0.05) is 26.0 Å². The van der Waals surface area contributed by atoms with Gasteiger partial charge in [0.2, 0.25) is 10.0 Å². The van der Waals surface area contributed by atoms with E-state index in [9.17, 15) is 8.42 Å². The van der Waals surface area contributed by atoms with Crippen LogP contribution in [0.2, 0.25) is 0 Å². The Morgan fingerprint density at radius 2 is 1.86 bits per heavy atom. The molecule has 1 aromatic carbocycles. The fourth-order valence-electron chi connectivity index (χ4n) is 2.18. The Kier molecular flexibility index (Phi) is 5.03. The van der Waals surface area contributed by atoms with Gasteiger partial charge in [0.25, 0.3) is 0 Å². The first-order valence-corrected chi connectivity index (χ1v) is 8.94. The number of aryl methyl sites for hydroxylation is 2. The molecular formula is C16H23N3O2S. The summed E-state index contributed by atoms with van der Waals surface area (Å²) < 4.78 is 29.1. The molecule has 1 heterocycles. The molecule has 2 aromatic rings. The Labute approximate surface area is 132 Å². The molecule has 0 aliphatic rings. The lowest BCUT2D eigenvalue weighted by Crippen LogP contribution is -2.23. The van der Waals surface area contributed by atoms with E-state index in [2.05, 4.69) is 23.7 Å². The lowest BCUT2D eigenvalue weighted by atomic mass is 10.0. The van der Waals surface area contributed by atoms with Gasteiger partial charge in [0.1, 0.15) is 0 Å². The van der Waals surface area contributed by atoms with Crippen molar-refractivity contribution in [2.45, 2.75) is 51.6 Å². The van der Waals surface area contributed by atoms with Gasteiger partial charge in [0.05, 0.1) is 10.6 Å². The van der Waals surface area contributed by atoms with E-state index in [-0.39, 0.29) is 11.4 Å². The minimum absolute atomic E-state index is 0.250. The molecule has 0 unspecified atom stereocenters. The van der Waals surface area contributed by atoms with Crippen molar-refractivity contribution >= 4 is 10.0 Å². The van der Waals surface area contributed by atoms with Crippen molar-refractivity contribution in [3.8, 4) is 0 Å². The van der Waals surface area contributed by atoms with Crippen LogP contribution in [0.1, 0.15) is 43.5 Å². The monoisotopic (exact) mass is 321 g/mol. The van der Waals surface area contributed by atoms with Crippen LogP contribution < -0.4 is 4.72 Å². The van der Waals surface area contributed by atoms with Crippen LogP contribution in [0.5, 0.6) is 0 Å². The van der Waals surface area contributed by atoms with E-state index >= 15 is 0 Å². The molecule has 0 saturated heterocycles. The van der Waals surface area contributed by atoms with E-state index in [1.807, 2.05) is 32.2 Å². The molecule has 0 aliphatic heterocycles. The molecule has 1 N–H and O–H groups in total. The Bertz CT molecular complexity index is 731. The van der Waals surface area contributed by atoms with Crippen molar-refractivity contribution in [2.24, 2.45) is 0 Å². The van der Waals surface area contributed by atoms with Gasteiger partial charge < -0.3 is 0 Å². The zero-order valence-electron chi connectivity index (χ0n) is 13.5. The highest BCUT2D eigenvalue weighted by Gasteiger charge is 2.15. The number of hydrogen-bond acceptors (Lipinski definition) is 3. The molecule has 0 aliphatic carbocycles. The van der Waals surface area contributed by atoms with Crippen molar-refractivity contribution in [3.63, 3.8) is 0 Å². The molecule has 0 bridgehead atoms. The summed E-state index contributed by atoms with van der Waals surface area (Å²) in [5.74, 6) is 0.382. The highest BCUT2D eigenvalue weighted by molar-refractivity contribution is 7.89. The number of nitrogens with one attached hydrogen (secondary N) is 1. The highest BCUT2D eigenvalue weighted by atomic mass is 32.2. The summed E-state index contributed by atoms with van der Waals surface area (Å²) in [5, 5.41) is 4.32. The second kappa shape index (κ2) is 6.62. The molecule has 0 fully saturated rings. The quantitative estimate of drug-likeness (QED) is 0.890. The normalized spacial score (nSPS) is 12.0. The van der Waals surface area contributed by atoms with Crippen molar-refractivity contribution in [1.82, 2.24) is 14.5 Å². The van der Waals surface area contributed by atoms with E-state index in [4.69, 9.17) is 0 Å². The second-order valence-electron chi connectivity index (χ2n) is 5.64. The molecular weight excluding hydrogens is 298 g/mol. The zero-order valence-corrected chi connectivity index (χ0v) is 14.3. The predicted octanol–water partition coefficient (Wildman–Crippen LogP) is 2.81. The van der Waals surface area contributed by atoms with Crippen LogP contribution in [0.4, 0.5) is 0 Å². The van der Waals surface area contributed by atoms with Crippen molar-refractivity contribution < 1.29 is 8.42 Å². The summed E-state index contributed by atoms with van der Waals surface area (Å²) in [5.41, 5.74) is 2.86. The van der Waals surface area contributed by atoms with Gasteiger partial charge in [-0.2, -0.15) is 5.10 Å². The summed E-state index contributed by atoms with van der Waals surface area (Å²) in [6, 6.07) is 7.03. The number of hydrogen-bond donors (Lipinski definition) is 1. The van der Waals surface area contributed by atoms with Gasteiger partial charge >= 0.3 is 0 Å². The lowest BCUT2D eigenvalue weighted by molar-refractivity contribution is 0.581. The third-order valence-electron chi connectivity index (χ3n) is 3.68. The average molecular weight is 321 g/mol. The van der Waals surface area contributed by atoms with Gasteiger partial charge in [-0.15, -0.1) is 0 Å².